The van der Waals surface area contributed by atoms with E-state index in [0.29, 0.717) is 0 Å². The lowest BCUT2D eigenvalue weighted by Gasteiger charge is -2.18. The van der Waals surface area contributed by atoms with Crippen molar-refractivity contribution in [1.82, 2.24) is 0 Å². The first kappa shape index (κ1) is 13.4. The zero-order valence-corrected chi connectivity index (χ0v) is 11.4. The van der Waals surface area contributed by atoms with Gasteiger partial charge in [0.2, 0.25) is 0 Å². The van der Waals surface area contributed by atoms with E-state index in [9.17, 15) is 4.39 Å². The Hall–Kier alpha value is -2.03. The summed E-state index contributed by atoms with van der Waals surface area (Å²) in [5, 5.41) is 3.32. The maximum Gasteiger partial charge on any atom is 0.125 e. The van der Waals surface area contributed by atoms with Crippen LogP contribution < -0.4 is 10.1 Å². The molecule has 2 aromatic rings. The predicted octanol–water partition coefficient (Wildman–Crippen LogP) is 4.32. The lowest BCUT2D eigenvalue weighted by Crippen LogP contribution is -2.08. The molecule has 2 aromatic carbocycles. The molecule has 3 heteroatoms. The van der Waals surface area contributed by atoms with Gasteiger partial charge in [0.25, 0.3) is 0 Å². The maximum atomic E-state index is 13.3. The monoisotopic (exact) mass is 259 g/mol. The van der Waals surface area contributed by atoms with E-state index in [0.717, 1.165) is 22.6 Å². The normalized spacial score (nSPS) is 12.0. The fourth-order valence-electron chi connectivity index (χ4n) is 1.98. The van der Waals surface area contributed by atoms with Gasteiger partial charge in [0, 0.05) is 11.7 Å². The van der Waals surface area contributed by atoms with Crippen LogP contribution in [0.4, 0.5) is 10.1 Å². The van der Waals surface area contributed by atoms with Crippen molar-refractivity contribution in [3.8, 4) is 5.75 Å². The number of halogens is 1. The molecule has 0 aliphatic rings. The van der Waals surface area contributed by atoms with Crippen LogP contribution in [-0.4, -0.2) is 7.11 Å². The third kappa shape index (κ3) is 3.25. The Balaban J connectivity index is 2.20. The summed E-state index contributed by atoms with van der Waals surface area (Å²) in [6.07, 6.45) is 0. The number of hydrogen-bond acceptors (Lipinski definition) is 2. The molecule has 0 bridgehead atoms. The Kier molecular flexibility index (Phi) is 4.05. The van der Waals surface area contributed by atoms with Gasteiger partial charge in [-0.2, -0.15) is 0 Å². The quantitative estimate of drug-likeness (QED) is 0.883. The lowest BCUT2D eigenvalue weighted by molar-refractivity contribution is 0.414. The minimum atomic E-state index is -0.231. The van der Waals surface area contributed by atoms with Gasteiger partial charge in [0.15, 0.2) is 0 Å². The zero-order chi connectivity index (χ0) is 13.8. The van der Waals surface area contributed by atoms with E-state index in [1.54, 1.807) is 13.2 Å². The Morgan fingerprint density at radius 2 is 1.95 bits per heavy atom. The highest BCUT2D eigenvalue weighted by Crippen LogP contribution is 2.25. The molecule has 2 rings (SSSR count). The van der Waals surface area contributed by atoms with Gasteiger partial charge in [0.05, 0.1) is 7.11 Å². The van der Waals surface area contributed by atoms with E-state index >= 15 is 0 Å². The van der Waals surface area contributed by atoms with E-state index in [4.69, 9.17) is 4.74 Å². The average Bonchev–Trinajstić information content (AvgIpc) is 2.43. The first-order valence-electron chi connectivity index (χ1n) is 6.27. The molecule has 100 valence electrons. The summed E-state index contributed by atoms with van der Waals surface area (Å²) in [7, 11) is 1.65. The average molecular weight is 259 g/mol. The molecule has 0 amide bonds. The molecule has 0 heterocycles. The standard InChI is InChI=1S/C16H18FNO/c1-11-7-8-14(17)10-16(11)18-12(2)13-5-4-6-15(9-13)19-3/h4-10,12,18H,1-3H3. The van der Waals surface area contributed by atoms with Crippen LogP contribution in [0, 0.1) is 12.7 Å². The van der Waals surface area contributed by atoms with Crippen LogP contribution in [0.2, 0.25) is 0 Å². The van der Waals surface area contributed by atoms with Gasteiger partial charge in [-0.05, 0) is 49.2 Å². The van der Waals surface area contributed by atoms with E-state index in [-0.39, 0.29) is 11.9 Å². The number of benzene rings is 2. The Labute approximate surface area is 113 Å². The van der Waals surface area contributed by atoms with E-state index in [1.165, 1.54) is 12.1 Å². The van der Waals surface area contributed by atoms with Crippen molar-refractivity contribution in [2.45, 2.75) is 19.9 Å². The highest BCUT2D eigenvalue weighted by atomic mass is 19.1. The second kappa shape index (κ2) is 5.74. The van der Waals surface area contributed by atoms with Crippen molar-refractivity contribution in [1.29, 1.82) is 0 Å². The Bertz CT molecular complexity index is 568. The summed E-state index contributed by atoms with van der Waals surface area (Å²) in [5.74, 6) is 0.591. The van der Waals surface area contributed by atoms with Crippen LogP contribution in [0.5, 0.6) is 5.75 Å². The molecular formula is C16H18FNO. The predicted molar refractivity (Wildman–Crippen MR) is 76.2 cm³/mol. The molecule has 1 unspecified atom stereocenters. The summed E-state index contributed by atoms with van der Waals surface area (Å²) >= 11 is 0. The number of ether oxygens (including phenoxy) is 1. The number of anilines is 1. The number of rotatable bonds is 4. The zero-order valence-electron chi connectivity index (χ0n) is 11.4. The minimum Gasteiger partial charge on any atom is -0.497 e. The van der Waals surface area contributed by atoms with E-state index in [1.807, 2.05) is 38.1 Å². The first-order valence-corrected chi connectivity index (χ1v) is 6.27. The highest BCUT2D eigenvalue weighted by Gasteiger charge is 2.08. The smallest absolute Gasteiger partial charge is 0.125 e. The molecule has 0 aromatic heterocycles. The summed E-state index contributed by atoms with van der Waals surface area (Å²) in [4.78, 5) is 0. The molecule has 0 saturated carbocycles. The molecule has 0 spiro atoms. The van der Waals surface area contributed by atoms with Gasteiger partial charge in [-0.15, -0.1) is 0 Å². The van der Waals surface area contributed by atoms with Gasteiger partial charge in [-0.25, -0.2) is 4.39 Å². The van der Waals surface area contributed by atoms with E-state index < -0.39 is 0 Å². The lowest BCUT2D eigenvalue weighted by atomic mass is 10.1. The first-order chi connectivity index (χ1) is 9.10. The summed E-state index contributed by atoms with van der Waals surface area (Å²) in [6, 6.07) is 12.7. The molecule has 2 nitrogen and oxygen atoms in total. The Morgan fingerprint density at radius 3 is 2.68 bits per heavy atom. The molecular weight excluding hydrogens is 241 g/mol. The Morgan fingerprint density at radius 1 is 1.16 bits per heavy atom. The second-order valence-corrected chi connectivity index (χ2v) is 4.60. The summed E-state index contributed by atoms with van der Waals surface area (Å²) in [6.45, 7) is 4.00. The van der Waals surface area contributed by atoms with Crippen LogP contribution in [0.1, 0.15) is 24.1 Å². The maximum absolute atomic E-state index is 13.3. The number of nitrogens with one attached hydrogen (secondary N) is 1. The molecule has 0 aliphatic heterocycles. The number of methoxy groups -OCH3 is 1. The largest absolute Gasteiger partial charge is 0.497 e. The van der Waals surface area contributed by atoms with Crippen molar-refractivity contribution < 1.29 is 9.13 Å². The van der Waals surface area contributed by atoms with Gasteiger partial charge >= 0.3 is 0 Å². The molecule has 1 N–H and O–H groups in total. The van der Waals surface area contributed by atoms with Crippen LogP contribution in [-0.2, 0) is 0 Å². The van der Waals surface area contributed by atoms with Crippen LogP contribution in [0.3, 0.4) is 0 Å². The van der Waals surface area contributed by atoms with Gasteiger partial charge in [-0.3, -0.25) is 0 Å². The summed E-state index contributed by atoms with van der Waals surface area (Å²) in [5.41, 5.74) is 2.94. The van der Waals surface area contributed by atoms with Crippen LogP contribution in [0.25, 0.3) is 0 Å². The fourth-order valence-corrected chi connectivity index (χ4v) is 1.98. The molecule has 0 saturated heterocycles. The van der Waals surface area contributed by atoms with Crippen molar-refractivity contribution in [2.24, 2.45) is 0 Å². The molecule has 0 aliphatic carbocycles. The highest BCUT2D eigenvalue weighted by molar-refractivity contribution is 5.52. The van der Waals surface area contributed by atoms with Crippen molar-refractivity contribution in [2.75, 3.05) is 12.4 Å². The van der Waals surface area contributed by atoms with Gasteiger partial charge < -0.3 is 10.1 Å². The molecule has 0 radical (unpaired) electrons. The topological polar surface area (TPSA) is 21.3 Å². The molecule has 19 heavy (non-hydrogen) atoms. The van der Waals surface area contributed by atoms with E-state index in [2.05, 4.69) is 5.32 Å². The van der Waals surface area contributed by atoms with Gasteiger partial charge in [0.1, 0.15) is 11.6 Å². The number of aryl methyl sites for hydroxylation is 1. The SMILES string of the molecule is COc1cccc(C(C)Nc2cc(F)ccc2C)c1. The minimum absolute atomic E-state index is 0.0793. The van der Waals surface area contributed by atoms with Crippen molar-refractivity contribution in [3.63, 3.8) is 0 Å². The third-order valence-corrected chi connectivity index (χ3v) is 3.17. The third-order valence-electron chi connectivity index (χ3n) is 3.17. The van der Waals surface area contributed by atoms with Crippen LogP contribution in [0.15, 0.2) is 42.5 Å². The fraction of sp³-hybridized carbons (Fsp3) is 0.250. The van der Waals surface area contributed by atoms with Gasteiger partial charge in [-0.1, -0.05) is 18.2 Å². The van der Waals surface area contributed by atoms with Crippen molar-refractivity contribution in [3.05, 3.63) is 59.4 Å². The van der Waals surface area contributed by atoms with Crippen LogP contribution >= 0.6 is 0 Å². The summed E-state index contributed by atoms with van der Waals surface area (Å²) < 4.78 is 18.5. The number of hydrogen-bond donors (Lipinski definition) is 1. The molecule has 0 fully saturated rings. The van der Waals surface area contributed by atoms with Crippen molar-refractivity contribution >= 4 is 5.69 Å². The molecule has 1 atom stereocenters. The second-order valence-electron chi connectivity index (χ2n) is 4.60.